The number of hydrogen-bond acceptors (Lipinski definition) is 4. The lowest BCUT2D eigenvalue weighted by molar-refractivity contribution is 0.293. The minimum atomic E-state index is -0.134. The molecule has 0 radical (unpaired) electrons. The van der Waals surface area contributed by atoms with E-state index in [1.54, 1.807) is 18.2 Å². The van der Waals surface area contributed by atoms with Crippen molar-refractivity contribution in [1.29, 1.82) is 0 Å². The van der Waals surface area contributed by atoms with Crippen molar-refractivity contribution in [3.63, 3.8) is 0 Å². The maximum Gasteiger partial charge on any atom is 0.258 e. The average Bonchev–Trinajstić information content (AvgIpc) is 3.20. The van der Waals surface area contributed by atoms with E-state index in [0.717, 1.165) is 47.3 Å². The summed E-state index contributed by atoms with van der Waals surface area (Å²) in [6.07, 6.45) is 8.98. The Bertz CT molecular complexity index is 1460. The third-order valence-corrected chi connectivity index (χ3v) is 7.45. The molecule has 8 heteroatoms. The Morgan fingerprint density at radius 1 is 1.08 bits per heavy atom. The molecule has 2 heterocycles. The second kappa shape index (κ2) is 12.2. The number of aromatic amines is 1. The second-order valence-corrected chi connectivity index (χ2v) is 10.3. The normalized spacial score (nSPS) is 12.0. The van der Waals surface area contributed by atoms with Crippen molar-refractivity contribution in [2.45, 2.75) is 46.5 Å². The number of aryl methyl sites for hydroxylation is 2. The molecule has 0 spiro atoms. The first-order chi connectivity index (χ1) is 17.8. The van der Waals surface area contributed by atoms with Gasteiger partial charge in [0.1, 0.15) is 0 Å². The molecular formula is C29H35Cl2N5O. The van der Waals surface area contributed by atoms with Gasteiger partial charge in [0.25, 0.3) is 5.56 Å². The monoisotopic (exact) mass is 539 g/mol. The topological polar surface area (TPSA) is 66.0 Å². The predicted molar refractivity (Wildman–Crippen MR) is 159 cm³/mol. The summed E-state index contributed by atoms with van der Waals surface area (Å²) >= 11 is 12.7. The summed E-state index contributed by atoms with van der Waals surface area (Å²) in [4.78, 5) is 23.7. The van der Waals surface area contributed by atoms with Gasteiger partial charge in [0, 0.05) is 19.3 Å². The summed E-state index contributed by atoms with van der Waals surface area (Å²) in [5, 5.41) is 5.76. The predicted octanol–water partition coefficient (Wildman–Crippen LogP) is 7.69. The molecule has 6 nitrogen and oxygen atoms in total. The number of aromatic nitrogens is 3. The first-order valence-electron chi connectivity index (χ1n) is 13.0. The number of benzene rings is 2. The highest BCUT2D eigenvalue weighted by molar-refractivity contribution is 6.39. The van der Waals surface area contributed by atoms with Crippen LogP contribution in [0.25, 0.3) is 27.9 Å². The fraction of sp³-hybridized carbons (Fsp3) is 0.379. The van der Waals surface area contributed by atoms with Crippen LogP contribution in [0.4, 0.5) is 11.6 Å². The lowest BCUT2D eigenvalue weighted by Crippen LogP contribution is -2.26. The molecule has 4 aromatic rings. The molecule has 2 aromatic carbocycles. The Morgan fingerprint density at radius 3 is 2.41 bits per heavy atom. The van der Waals surface area contributed by atoms with Crippen LogP contribution in [-0.4, -0.2) is 39.1 Å². The van der Waals surface area contributed by atoms with E-state index in [4.69, 9.17) is 28.2 Å². The molecule has 0 aliphatic carbocycles. The van der Waals surface area contributed by atoms with Gasteiger partial charge in [0.05, 0.1) is 32.2 Å². The van der Waals surface area contributed by atoms with Gasteiger partial charge >= 0.3 is 0 Å². The summed E-state index contributed by atoms with van der Waals surface area (Å²) < 4.78 is 1.88. The van der Waals surface area contributed by atoms with E-state index < -0.39 is 0 Å². The number of pyridine rings is 1. The van der Waals surface area contributed by atoms with Crippen molar-refractivity contribution in [2.75, 3.05) is 25.0 Å². The minimum Gasteiger partial charge on any atom is -0.323 e. The van der Waals surface area contributed by atoms with Gasteiger partial charge in [0.2, 0.25) is 5.95 Å². The smallest absolute Gasteiger partial charge is 0.258 e. The van der Waals surface area contributed by atoms with Gasteiger partial charge in [-0.3, -0.25) is 9.69 Å². The molecule has 0 aliphatic rings. The van der Waals surface area contributed by atoms with Crippen molar-refractivity contribution in [2.24, 2.45) is 7.05 Å². The van der Waals surface area contributed by atoms with E-state index in [9.17, 15) is 4.79 Å². The van der Waals surface area contributed by atoms with Crippen LogP contribution in [0.5, 0.6) is 0 Å². The number of para-hydroxylation sites is 1. The summed E-state index contributed by atoms with van der Waals surface area (Å²) in [7, 11) is 1.88. The Morgan fingerprint density at radius 2 is 1.76 bits per heavy atom. The van der Waals surface area contributed by atoms with Crippen molar-refractivity contribution in [1.82, 2.24) is 19.4 Å². The standard InChI is InChI=1S/C29H35Cl2N5O/c1-5-7-16-36(17-8-6-2)18-10-13-23-19(3)20-14-15-24-27(25(20)28(37)32-23)35(4)29(33-24)34-26-21(30)11-9-12-22(26)31/h9-15H,5-8,16-18H2,1-4H3,(H,32,37)(H,33,34)/b13-10+. The van der Waals surface area contributed by atoms with Crippen LogP contribution in [-0.2, 0) is 7.05 Å². The summed E-state index contributed by atoms with van der Waals surface area (Å²) in [6.45, 7) is 9.57. The fourth-order valence-corrected chi connectivity index (χ4v) is 5.15. The van der Waals surface area contributed by atoms with Gasteiger partial charge in [-0.2, -0.15) is 0 Å². The fourth-order valence-electron chi connectivity index (χ4n) is 4.66. The number of fused-ring (bicyclic) bond motifs is 3. The number of anilines is 2. The largest absolute Gasteiger partial charge is 0.323 e. The van der Waals surface area contributed by atoms with E-state index in [0.29, 0.717) is 27.1 Å². The molecule has 196 valence electrons. The number of halogens is 2. The molecule has 0 atom stereocenters. The highest BCUT2D eigenvalue weighted by atomic mass is 35.5. The third-order valence-electron chi connectivity index (χ3n) is 6.82. The lowest BCUT2D eigenvalue weighted by atomic mass is 10.0. The molecule has 0 saturated carbocycles. The Labute approximate surface area is 228 Å². The Hall–Kier alpha value is -2.80. The van der Waals surface area contributed by atoms with Gasteiger partial charge < -0.3 is 14.9 Å². The first kappa shape index (κ1) is 27.2. The van der Waals surface area contributed by atoms with Crippen LogP contribution in [0.3, 0.4) is 0 Å². The summed E-state index contributed by atoms with van der Waals surface area (Å²) in [5.41, 5.74) is 3.80. The number of imidazole rings is 1. The number of nitrogens with zero attached hydrogens (tertiary/aromatic N) is 3. The highest BCUT2D eigenvalue weighted by Gasteiger charge is 2.17. The van der Waals surface area contributed by atoms with Gasteiger partial charge in [0.15, 0.2) is 0 Å². The molecule has 4 rings (SSSR count). The van der Waals surface area contributed by atoms with Crippen LogP contribution in [0.15, 0.2) is 41.2 Å². The van der Waals surface area contributed by atoms with Gasteiger partial charge in [-0.15, -0.1) is 0 Å². The van der Waals surface area contributed by atoms with E-state index in [2.05, 4.69) is 42.0 Å². The van der Waals surface area contributed by atoms with Crippen LogP contribution < -0.4 is 10.9 Å². The SMILES string of the molecule is CCCCN(C/C=C/c1[nH]c(=O)c2c(ccc3nc(Nc4c(Cl)cccc4Cl)n(C)c32)c1C)CCCC. The molecule has 0 amide bonds. The Balaban J connectivity index is 1.69. The van der Waals surface area contributed by atoms with Gasteiger partial charge in [-0.05, 0) is 68.1 Å². The van der Waals surface area contributed by atoms with E-state index in [1.165, 1.54) is 25.7 Å². The van der Waals surface area contributed by atoms with Gasteiger partial charge in [-0.1, -0.05) is 68.1 Å². The van der Waals surface area contributed by atoms with Crippen LogP contribution in [0, 0.1) is 6.92 Å². The summed E-state index contributed by atoms with van der Waals surface area (Å²) in [6, 6.07) is 9.26. The summed E-state index contributed by atoms with van der Waals surface area (Å²) in [5.74, 6) is 0.553. The van der Waals surface area contributed by atoms with Crippen molar-refractivity contribution >= 4 is 62.7 Å². The minimum absolute atomic E-state index is 0.134. The Kier molecular flexibility index (Phi) is 8.95. The first-order valence-corrected chi connectivity index (χ1v) is 13.7. The average molecular weight is 541 g/mol. The van der Waals surface area contributed by atoms with Crippen molar-refractivity contribution < 1.29 is 0 Å². The lowest BCUT2D eigenvalue weighted by Gasteiger charge is -2.20. The molecule has 37 heavy (non-hydrogen) atoms. The maximum absolute atomic E-state index is 13.4. The number of unbranched alkanes of at least 4 members (excludes halogenated alkanes) is 2. The molecule has 0 aliphatic heterocycles. The van der Waals surface area contributed by atoms with Crippen LogP contribution in [0.2, 0.25) is 10.0 Å². The zero-order valence-corrected chi connectivity index (χ0v) is 23.5. The molecular weight excluding hydrogens is 505 g/mol. The molecule has 0 saturated heterocycles. The van der Waals surface area contributed by atoms with Crippen LogP contribution in [0.1, 0.15) is 50.8 Å². The highest BCUT2D eigenvalue weighted by Crippen LogP contribution is 2.34. The maximum atomic E-state index is 13.4. The number of hydrogen-bond donors (Lipinski definition) is 2. The molecule has 2 N–H and O–H groups in total. The van der Waals surface area contributed by atoms with E-state index in [1.807, 2.05) is 29.8 Å². The quantitative estimate of drug-likeness (QED) is 0.205. The third kappa shape index (κ3) is 5.87. The van der Waals surface area contributed by atoms with Crippen molar-refractivity contribution in [3.8, 4) is 0 Å². The molecule has 0 fully saturated rings. The van der Waals surface area contributed by atoms with Crippen molar-refractivity contribution in [3.05, 3.63) is 68.1 Å². The van der Waals surface area contributed by atoms with Crippen LogP contribution >= 0.6 is 23.2 Å². The number of nitrogens with one attached hydrogen (secondary N) is 2. The van der Waals surface area contributed by atoms with Gasteiger partial charge in [-0.25, -0.2) is 4.98 Å². The molecule has 2 aromatic heterocycles. The zero-order chi connectivity index (χ0) is 26.5. The van der Waals surface area contributed by atoms with E-state index in [-0.39, 0.29) is 5.56 Å². The zero-order valence-electron chi connectivity index (χ0n) is 22.0. The molecule has 0 bridgehead atoms. The second-order valence-electron chi connectivity index (χ2n) is 9.47. The number of rotatable bonds is 11. The van der Waals surface area contributed by atoms with E-state index >= 15 is 0 Å². The number of H-pyrrole nitrogens is 1. The molecule has 0 unspecified atom stereocenters.